The van der Waals surface area contributed by atoms with Gasteiger partial charge in [-0.1, -0.05) is 0 Å². The van der Waals surface area contributed by atoms with Gasteiger partial charge in [0.1, 0.15) is 11.5 Å². The van der Waals surface area contributed by atoms with Crippen molar-refractivity contribution in [3.05, 3.63) is 56.3 Å². The van der Waals surface area contributed by atoms with Gasteiger partial charge in [-0.25, -0.2) is 0 Å². The van der Waals surface area contributed by atoms with Crippen LogP contribution in [0.4, 0.5) is 0 Å². The number of halogens is 2. The lowest BCUT2D eigenvalue weighted by Crippen LogP contribution is -1.95. The first kappa shape index (κ1) is 13.6. The van der Waals surface area contributed by atoms with E-state index < -0.39 is 0 Å². The molecule has 0 saturated heterocycles. The van der Waals surface area contributed by atoms with E-state index in [9.17, 15) is 4.79 Å². The molecule has 0 unspecified atom stereocenters. The van der Waals surface area contributed by atoms with Crippen LogP contribution in [0.3, 0.4) is 0 Å². The molecule has 2 aromatic rings. The maximum absolute atomic E-state index is 12.3. The van der Waals surface area contributed by atoms with Crippen molar-refractivity contribution in [2.75, 3.05) is 0 Å². The van der Waals surface area contributed by atoms with Crippen LogP contribution in [0.2, 0.25) is 0 Å². The van der Waals surface area contributed by atoms with Crippen molar-refractivity contribution in [3.8, 4) is 0 Å². The number of ketones is 1. The van der Waals surface area contributed by atoms with Crippen molar-refractivity contribution >= 4 is 49.8 Å². The van der Waals surface area contributed by atoms with E-state index in [1.807, 2.05) is 24.3 Å². The summed E-state index contributed by atoms with van der Waals surface area (Å²) in [5.74, 6) is 1.43. The van der Waals surface area contributed by atoms with E-state index >= 15 is 0 Å². The Balaban J connectivity index is 1.84. The number of rotatable bonds is 2. The molecule has 1 aliphatic rings. The normalized spacial score (nSPS) is 19.4. The third-order valence-corrected chi connectivity index (χ3v) is 3.92. The quantitative estimate of drug-likeness (QED) is 0.651. The van der Waals surface area contributed by atoms with Crippen LogP contribution < -0.4 is 0 Å². The Bertz CT molecular complexity index is 659. The molecule has 1 aliphatic carbocycles. The first-order valence-corrected chi connectivity index (χ1v) is 7.67. The fourth-order valence-electron chi connectivity index (χ4n) is 2.13. The standard InChI is InChI=1S/C15H10Br2O3/c16-13-5-3-11(19-13)7-9-1-2-10(15(9)18)8-12-4-6-14(17)20-12/h3-8H,1-2H2/b9-7-,10-8-. The van der Waals surface area contributed by atoms with Crippen molar-refractivity contribution in [2.24, 2.45) is 0 Å². The molecule has 3 nitrogen and oxygen atoms in total. The Morgan fingerprint density at radius 2 is 1.30 bits per heavy atom. The van der Waals surface area contributed by atoms with Gasteiger partial charge < -0.3 is 8.83 Å². The molecule has 0 spiro atoms. The topological polar surface area (TPSA) is 43.4 Å². The van der Waals surface area contributed by atoms with E-state index in [1.54, 1.807) is 12.2 Å². The summed E-state index contributed by atoms with van der Waals surface area (Å²) >= 11 is 6.49. The Kier molecular flexibility index (Phi) is 3.81. The molecule has 5 heteroatoms. The van der Waals surface area contributed by atoms with Gasteiger partial charge in [-0.15, -0.1) is 0 Å². The van der Waals surface area contributed by atoms with Gasteiger partial charge in [-0.2, -0.15) is 0 Å². The first-order valence-electron chi connectivity index (χ1n) is 6.08. The van der Waals surface area contributed by atoms with Gasteiger partial charge in [0.2, 0.25) is 0 Å². The molecule has 1 fully saturated rings. The van der Waals surface area contributed by atoms with Gasteiger partial charge in [0, 0.05) is 11.1 Å². The maximum atomic E-state index is 12.3. The van der Waals surface area contributed by atoms with E-state index in [0.29, 0.717) is 20.9 Å². The molecule has 2 aromatic heterocycles. The minimum atomic E-state index is 0.0602. The van der Waals surface area contributed by atoms with Gasteiger partial charge >= 0.3 is 0 Å². The Hall–Kier alpha value is -1.33. The smallest absolute Gasteiger partial charge is 0.185 e. The van der Waals surface area contributed by atoms with Crippen LogP contribution in [0, 0.1) is 0 Å². The molecule has 0 N–H and O–H groups in total. The first-order chi connectivity index (χ1) is 9.61. The van der Waals surface area contributed by atoms with Gasteiger partial charge in [0.25, 0.3) is 0 Å². The summed E-state index contributed by atoms with van der Waals surface area (Å²) in [5, 5.41) is 0. The van der Waals surface area contributed by atoms with Crippen molar-refractivity contribution in [1.82, 2.24) is 0 Å². The van der Waals surface area contributed by atoms with E-state index in [-0.39, 0.29) is 5.78 Å². The summed E-state index contributed by atoms with van der Waals surface area (Å²) in [7, 11) is 0. The summed E-state index contributed by atoms with van der Waals surface area (Å²) in [4.78, 5) is 12.3. The van der Waals surface area contributed by atoms with Crippen LogP contribution in [0.15, 0.2) is 53.6 Å². The second-order valence-corrected chi connectivity index (χ2v) is 6.02. The predicted octanol–water partition coefficient (Wildman–Crippen LogP) is 5.23. The van der Waals surface area contributed by atoms with Crippen molar-refractivity contribution in [1.29, 1.82) is 0 Å². The number of carbonyl (C=O) groups excluding carboxylic acids is 1. The number of hydrogen-bond donors (Lipinski definition) is 0. The molecule has 0 amide bonds. The average molecular weight is 398 g/mol. The summed E-state index contributed by atoms with van der Waals surface area (Å²) in [6.45, 7) is 0. The Morgan fingerprint density at radius 1 is 0.850 bits per heavy atom. The highest BCUT2D eigenvalue weighted by Gasteiger charge is 2.23. The number of Topliss-reactive ketones (excluding diaryl/α,β-unsaturated/α-hetero) is 1. The van der Waals surface area contributed by atoms with Gasteiger partial charge in [0.15, 0.2) is 15.1 Å². The molecule has 1 saturated carbocycles. The Morgan fingerprint density at radius 3 is 1.65 bits per heavy atom. The molecular weight excluding hydrogens is 388 g/mol. The van der Waals surface area contributed by atoms with Crippen LogP contribution in [0.25, 0.3) is 12.2 Å². The highest BCUT2D eigenvalue weighted by molar-refractivity contribution is 9.10. The van der Waals surface area contributed by atoms with Crippen LogP contribution in [0.1, 0.15) is 24.4 Å². The number of hydrogen-bond acceptors (Lipinski definition) is 3. The summed E-state index contributed by atoms with van der Waals surface area (Å²) < 4.78 is 12.1. The molecule has 2 heterocycles. The van der Waals surface area contributed by atoms with Crippen molar-refractivity contribution in [3.63, 3.8) is 0 Å². The van der Waals surface area contributed by atoms with Gasteiger partial charge in [-0.05, 0) is 81.1 Å². The van der Waals surface area contributed by atoms with E-state index in [0.717, 1.165) is 24.0 Å². The minimum absolute atomic E-state index is 0.0602. The van der Waals surface area contributed by atoms with Crippen LogP contribution in [-0.4, -0.2) is 5.78 Å². The molecule has 0 aliphatic heterocycles. The van der Waals surface area contributed by atoms with Crippen molar-refractivity contribution in [2.45, 2.75) is 12.8 Å². The van der Waals surface area contributed by atoms with Gasteiger partial charge in [-0.3, -0.25) is 4.79 Å². The lowest BCUT2D eigenvalue weighted by atomic mass is 10.1. The van der Waals surface area contributed by atoms with Crippen LogP contribution in [0.5, 0.6) is 0 Å². The second-order valence-electron chi connectivity index (χ2n) is 4.45. The summed E-state index contributed by atoms with van der Waals surface area (Å²) in [6.07, 6.45) is 5.05. The minimum Gasteiger partial charge on any atom is -0.450 e. The molecule has 102 valence electrons. The van der Waals surface area contributed by atoms with E-state index in [1.165, 1.54) is 0 Å². The average Bonchev–Trinajstić information content (AvgIpc) is 3.08. The highest BCUT2D eigenvalue weighted by Crippen LogP contribution is 2.30. The fraction of sp³-hybridized carbons (Fsp3) is 0.133. The van der Waals surface area contributed by atoms with Crippen LogP contribution >= 0.6 is 31.9 Å². The molecule has 3 rings (SSSR count). The highest BCUT2D eigenvalue weighted by atomic mass is 79.9. The molecule has 0 atom stereocenters. The number of allylic oxidation sites excluding steroid dienone is 2. The number of furan rings is 2. The van der Waals surface area contributed by atoms with Crippen molar-refractivity contribution < 1.29 is 13.6 Å². The monoisotopic (exact) mass is 396 g/mol. The maximum Gasteiger partial charge on any atom is 0.185 e. The number of carbonyl (C=O) groups is 1. The zero-order valence-electron chi connectivity index (χ0n) is 10.4. The molecular formula is C15H10Br2O3. The third kappa shape index (κ3) is 2.88. The molecule has 0 radical (unpaired) electrons. The zero-order valence-corrected chi connectivity index (χ0v) is 13.5. The van der Waals surface area contributed by atoms with E-state index in [2.05, 4.69) is 31.9 Å². The van der Waals surface area contributed by atoms with Crippen LogP contribution in [-0.2, 0) is 4.79 Å². The third-order valence-electron chi connectivity index (χ3n) is 3.07. The molecule has 0 bridgehead atoms. The summed E-state index contributed by atoms with van der Waals surface area (Å²) in [5.41, 5.74) is 1.53. The Labute approximate surface area is 132 Å². The summed E-state index contributed by atoms with van der Waals surface area (Å²) in [6, 6.07) is 7.28. The lowest BCUT2D eigenvalue weighted by molar-refractivity contribution is -0.111. The zero-order chi connectivity index (χ0) is 14.1. The largest absolute Gasteiger partial charge is 0.450 e. The lowest BCUT2D eigenvalue weighted by Gasteiger charge is -1.93. The predicted molar refractivity (Wildman–Crippen MR) is 83.0 cm³/mol. The molecule has 20 heavy (non-hydrogen) atoms. The van der Waals surface area contributed by atoms with E-state index in [4.69, 9.17) is 8.83 Å². The second kappa shape index (κ2) is 5.58. The SMILES string of the molecule is O=C1/C(=C\c2ccc(Br)o2)CC/C1=C/c1ccc(Br)o1. The molecule has 0 aromatic carbocycles. The van der Waals surface area contributed by atoms with Gasteiger partial charge in [0.05, 0.1) is 0 Å². The fourth-order valence-corrected chi connectivity index (χ4v) is 2.77.